The molecule has 1 aliphatic heterocycles. The maximum absolute atomic E-state index is 12.6. The average molecular weight is 385 g/mol. The molecule has 0 N–H and O–H groups in total. The van der Waals surface area contributed by atoms with Crippen molar-refractivity contribution < 1.29 is 9.53 Å². The van der Waals surface area contributed by atoms with E-state index in [1.807, 2.05) is 42.5 Å². The zero-order chi connectivity index (χ0) is 20.2. The number of hydrazone groups is 1. The Kier molecular flexibility index (Phi) is 5.14. The lowest BCUT2D eigenvalue weighted by atomic mass is 9.97. The van der Waals surface area contributed by atoms with Gasteiger partial charge in [0.15, 0.2) is 0 Å². The molecule has 0 spiro atoms. The number of rotatable bonds is 5. The summed E-state index contributed by atoms with van der Waals surface area (Å²) in [5.41, 5.74) is 11.3. The van der Waals surface area contributed by atoms with E-state index in [-0.39, 0.29) is 18.5 Å². The first-order chi connectivity index (χ1) is 14.2. The van der Waals surface area contributed by atoms with Gasteiger partial charge in [-0.2, -0.15) is 5.10 Å². The third-order valence-electron chi connectivity index (χ3n) is 5.02. The maximum Gasteiger partial charge on any atom is 0.249 e. The van der Waals surface area contributed by atoms with Gasteiger partial charge in [0.05, 0.1) is 18.9 Å². The number of carbonyl (C=O) groups is 1. The van der Waals surface area contributed by atoms with Gasteiger partial charge >= 0.3 is 0 Å². The summed E-state index contributed by atoms with van der Waals surface area (Å²) >= 11 is 0. The van der Waals surface area contributed by atoms with Crippen molar-refractivity contribution in [1.82, 2.24) is 5.01 Å². The number of nitrogens with zero attached hydrogens (tertiary/aromatic N) is 5. The largest absolute Gasteiger partial charge is 0.497 e. The number of carbonyl (C=O) groups excluding carboxylic acids is 1. The van der Waals surface area contributed by atoms with Gasteiger partial charge in [0, 0.05) is 11.3 Å². The molecule has 0 unspecified atom stereocenters. The van der Waals surface area contributed by atoms with Crippen molar-refractivity contribution in [3.8, 4) is 5.75 Å². The Balaban J connectivity index is 1.70. The number of hydrogen-bond acceptors (Lipinski definition) is 4. The van der Waals surface area contributed by atoms with Crippen LogP contribution in [-0.4, -0.2) is 30.3 Å². The summed E-state index contributed by atoms with van der Waals surface area (Å²) in [5.74, 6) is 0.411. The molecule has 0 aliphatic carbocycles. The lowest BCUT2D eigenvalue weighted by Crippen LogP contribution is -2.28. The first-order valence-corrected chi connectivity index (χ1v) is 9.23. The van der Waals surface area contributed by atoms with Crippen molar-refractivity contribution >= 4 is 22.4 Å². The van der Waals surface area contributed by atoms with Crippen LogP contribution in [0.15, 0.2) is 76.9 Å². The summed E-state index contributed by atoms with van der Waals surface area (Å²) in [7, 11) is 1.61. The molecular formula is C22H19N5O2. The van der Waals surface area contributed by atoms with E-state index in [1.54, 1.807) is 7.11 Å². The van der Waals surface area contributed by atoms with Crippen LogP contribution < -0.4 is 4.74 Å². The Morgan fingerprint density at radius 3 is 2.66 bits per heavy atom. The number of amides is 1. The fourth-order valence-electron chi connectivity index (χ4n) is 3.53. The Bertz CT molecular complexity index is 1130. The van der Waals surface area contributed by atoms with Gasteiger partial charge in [0.25, 0.3) is 0 Å². The monoisotopic (exact) mass is 385 g/mol. The predicted molar refractivity (Wildman–Crippen MR) is 112 cm³/mol. The molecule has 3 aromatic carbocycles. The third kappa shape index (κ3) is 3.77. The van der Waals surface area contributed by atoms with Crippen LogP contribution >= 0.6 is 0 Å². The molecule has 1 amide bonds. The molecule has 3 aromatic rings. The van der Waals surface area contributed by atoms with Crippen LogP contribution in [-0.2, 0) is 4.79 Å². The zero-order valence-electron chi connectivity index (χ0n) is 15.9. The topological polar surface area (TPSA) is 90.7 Å². The van der Waals surface area contributed by atoms with Crippen LogP contribution in [0.1, 0.15) is 23.6 Å². The summed E-state index contributed by atoms with van der Waals surface area (Å²) in [5, 5.41) is 11.7. The summed E-state index contributed by atoms with van der Waals surface area (Å²) < 4.78 is 5.23. The normalized spacial score (nSPS) is 15.7. The first-order valence-electron chi connectivity index (χ1n) is 9.23. The molecule has 7 nitrogen and oxygen atoms in total. The van der Waals surface area contributed by atoms with Gasteiger partial charge in [0.2, 0.25) is 5.91 Å². The van der Waals surface area contributed by atoms with Gasteiger partial charge in [0.1, 0.15) is 12.3 Å². The number of methoxy groups -OCH3 is 1. The minimum Gasteiger partial charge on any atom is -0.497 e. The van der Waals surface area contributed by atoms with Crippen LogP contribution in [0.2, 0.25) is 0 Å². The molecule has 29 heavy (non-hydrogen) atoms. The third-order valence-corrected chi connectivity index (χ3v) is 5.02. The number of ether oxygens (including phenoxy) is 1. The van der Waals surface area contributed by atoms with Crippen molar-refractivity contribution in [3.63, 3.8) is 0 Å². The van der Waals surface area contributed by atoms with Crippen LogP contribution in [0.5, 0.6) is 5.75 Å². The van der Waals surface area contributed by atoms with E-state index >= 15 is 0 Å². The van der Waals surface area contributed by atoms with Gasteiger partial charge in [-0.05, 0) is 45.6 Å². The molecule has 1 aliphatic rings. The number of fused-ring (bicyclic) bond motifs is 1. The molecule has 0 radical (unpaired) electrons. The smallest absolute Gasteiger partial charge is 0.249 e. The summed E-state index contributed by atoms with van der Waals surface area (Å²) in [6, 6.07) is 21.6. The molecule has 1 heterocycles. The molecular weight excluding hydrogens is 366 g/mol. The average Bonchev–Trinajstić information content (AvgIpc) is 3.23. The van der Waals surface area contributed by atoms with Gasteiger partial charge in [-0.15, -0.1) is 0 Å². The molecule has 0 saturated heterocycles. The Morgan fingerprint density at radius 2 is 1.93 bits per heavy atom. The molecule has 4 rings (SSSR count). The van der Waals surface area contributed by atoms with E-state index < -0.39 is 0 Å². The van der Waals surface area contributed by atoms with Gasteiger partial charge in [-0.25, -0.2) is 5.01 Å². The van der Waals surface area contributed by atoms with Crippen LogP contribution in [0.4, 0.5) is 0 Å². The minimum absolute atomic E-state index is 0.260. The highest BCUT2D eigenvalue weighted by Crippen LogP contribution is 2.34. The second kappa shape index (κ2) is 8.04. The molecule has 0 bridgehead atoms. The van der Waals surface area contributed by atoms with E-state index in [9.17, 15) is 4.79 Å². The van der Waals surface area contributed by atoms with Crippen LogP contribution in [0.3, 0.4) is 0 Å². The van der Waals surface area contributed by atoms with Crippen molar-refractivity contribution in [1.29, 1.82) is 0 Å². The van der Waals surface area contributed by atoms with Gasteiger partial charge in [-0.3, -0.25) is 4.79 Å². The maximum atomic E-state index is 12.6. The lowest BCUT2D eigenvalue weighted by Gasteiger charge is -2.21. The predicted octanol–water partition coefficient (Wildman–Crippen LogP) is 4.84. The standard InChI is InChI=1S/C22H19N5O2/c1-29-19-10-8-16(9-11-19)21-13-20(25-27(21)22(28)14-24-26-23)18-7-6-15-4-2-3-5-17(15)12-18/h2-12,21H,13-14H2,1H3/t21-/m1/s1. The van der Waals surface area contributed by atoms with E-state index in [1.165, 1.54) is 5.01 Å². The molecule has 1 atom stereocenters. The highest BCUT2D eigenvalue weighted by atomic mass is 16.5. The second-order valence-corrected chi connectivity index (χ2v) is 6.73. The van der Waals surface area contributed by atoms with Crippen LogP contribution in [0, 0.1) is 0 Å². The quantitative estimate of drug-likeness (QED) is 0.357. The fraction of sp³-hybridized carbons (Fsp3) is 0.182. The highest BCUT2D eigenvalue weighted by Gasteiger charge is 2.32. The summed E-state index contributed by atoms with van der Waals surface area (Å²) in [4.78, 5) is 15.3. The van der Waals surface area contributed by atoms with Gasteiger partial charge < -0.3 is 4.74 Å². The highest BCUT2D eigenvalue weighted by molar-refractivity contribution is 6.05. The van der Waals surface area contributed by atoms with Crippen LogP contribution in [0.25, 0.3) is 21.2 Å². The fourth-order valence-corrected chi connectivity index (χ4v) is 3.53. The van der Waals surface area contributed by atoms with Crippen molar-refractivity contribution in [2.24, 2.45) is 10.2 Å². The number of benzene rings is 3. The molecule has 144 valence electrons. The molecule has 0 fully saturated rings. The zero-order valence-corrected chi connectivity index (χ0v) is 15.9. The van der Waals surface area contributed by atoms with E-state index in [4.69, 9.17) is 10.3 Å². The molecule has 7 heteroatoms. The second-order valence-electron chi connectivity index (χ2n) is 6.73. The minimum atomic E-state index is -0.334. The van der Waals surface area contributed by atoms with Crippen molar-refractivity contribution in [2.45, 2.75) is 12.5 Å². The summed E-state index contributed by atoms with van der Waals surface area (Å²) in [6.07, 6.45) is 0.576. The lowest BCUT2D eigenvalue weighted by molar-refractivity contribution is -0.131. The number of hydrogen-bond donors (Lipinski definition) is 0. The van der Waals surface area contributed by atoms with Gasteiger partial charge in [-0.1, -0.05) is 53.6 Å². The van der Waals surface area contributed by atoms with Crippen molar-refractivity contribution in [2.75, 3.05) is 13.7 Å². The molecule has 0 aromatic heterocycles. The number of azide groups is 1. The first kappa shape index (κ1) is 18.5. The Hall–Kier alpha value is -3.83. The Labute approximate surface area is 167 Å². The molecule has 0 saturated carbocycles. The van der Waals surface area contributed by atoms with E-state index in [0.717, 1.165) is 33.4 Å². The van der Waals surface area contributed by atoms with Crippen molar-refractivity contribution in [3.05, 3.63) is 88.3 Å². The SMILES string of the molecule is COc1ccc([C@H]2CC(c3ccc4ccccc4c3)=NN2C(=O)CN=[N+]=[N-])cc1. The summed E-state index contributed by atoms with van der Waals surface area (Å²) in [6.45, 7) is -0.266. The van der Waals surface area contributed by atoms with E-state index in [0.29, 0.717) is 6.42 Å². The Morgan fingerprint density at radius 1 is 1.17 bits per heavy atom. The van der Waals surface area contributed by atoms with E-state index in [2.05, 4.69) is 39.4 Å².